The summed E-state index contributed by atoms with van der Waals surface area (Å²) in [6.07, 6.45) is 1.16. The summed E-state index contributed by atoms with van der Waals surface area (Å²) in [4.78, 5) is 23.5. The smallest absolute Gasteiger partial charge is 0.347 e. The van der Waals surface area contributed by atoms with Crippen molar-refractivity contribution in [3.63, 3.8) is 0 Å². The van der Waals surface area contributed by atoms with Crippen molar-refractivity contribution in [2.24, 2.45) is 0 Å². The Kier molecular flexibility index (Phi) is 7.29. The molecule has 2 N–H and O–H groups in total. The van der Waals surface area contributed by atoms with Gasteiger partial charge in [-0.3, -0.25) is 4.79 Å². The second-order valence-corrected chi connectivity index (χ2v) is 4.76. The van der Waals surface area contributed by atoms with E-state index in [2.05, 4.69) is 0 Å². The Balaban J connectivity index is 2.48. The molecule has 1 aromatic carbocycles. The predicted octanol–water partition coefficient (Wildman–Crippen LogP) is 2.48. The number of esters is 2. The third-order valence-corrected chi connectivity index (χ3v) is 2.94. The van der Waals surface area contributed by atoms with Gasteiger partial charge in [-0.2, -0.15) is 0 Å². The van der Waals surface area contributed by atoms with Crippen LogP contribution in [0.5, 0.6) is 0 Å². The number of nitrogens with two attached hydrogens (primary N) is 1. The van der Waals surface area contributed by atoms with Gasteiger partial charge in [0.05, 0.1) is 6.61 Å². The van der Waals surface area contributed by atoms with Crippen LogP contribution in [0.1, 0.15) is 38.7 Å². The minimum absolute atomic E-state index is 0.211. The van der Waals surface area contributed by atoms with Crippen LogP contribution in [0.3, 0.4) is 0 Å². The minimum Gasteiger partial charge on any atom is -0.463 e. The van der Waals surface area contributed by atoms with E-state index in [1.165, 1.54) is 0 Å². The molecule has 0 heterocycles. The molecule has 1 aromatic rings. The highest BCUT2D eigenvalue weighted by Gasteiger charge is 2.23. The lowest BCUT2D eigenvalue weighted by Crippen LogP contribution is -2.29. The highest BCUT2D eigenvalue weighted by atomic mass is 16.6. The first-order valence-corrected chi connectivity index (χ1v) is 7.27. The van der Waals surface area contributed by atoms with Crippen LogP contribution in [0.15, 0.2) is 24.3 Å². The van der Waals surface area contributed by atoms with Gasteiger partial charge in [-0.25, -0.2) is 4.79 Å². The number of anilines is 1. The lowest BCUT2D eigenvalue weighted by atomic mass is 10.1. The molecule has 0 amide bonds. The minimum atomic E-state index is -0.803. The number of carbonyl (C=O) groups is 2. The van der Waals surface area contributed by atoms with Crippen molar-refractivity contribution in [2.45, 2.75) is 45.6 Å². The molecule has 5 heteroatoms. The van der Waals surface area contributed by atoms with Gasteiger partial charge in [0.1, 0.15) is 0 Å². The molecule has 0 saturated carbocycles. The molecule has 5 nitrogen and oxygen atoms in total. The molecule has 21 heavy (non-hydrogen) atoms. The summed E-state index contributed by atoms with van der Waals surface area (Å²) in [5.74, 6) is -0.874. The Morgan fingerprint density at radius 3 is 2.67 bits per heavy atom. The number of aryl methyl sites for hydroxylation is 1. The fourth-order valence-corrected chi connectivity index (χ4v) is 1.93. The molecule has 0 bridgehead atoms. The van der Waals surface area contributed by atoms with E-state index < -0.39 is 18.0 Å². The predicted molar refractivity (Wildman–Crippen MR) is 80.6 cm³/mol. The van der Waals surface area contributed by atoms with Crippen molar-refractivity contribution >= 4 is 17.6 Å². The molecule has 0 aliphatic rings. The Morgan fingerprint density at radius 2 is 2.05 bits per heavy atom. The van der Waals surface area contributed by atoms with Crippen molar-refractivity contribution < 1.29 is 19.1 Å². The largest absolute Gasteiger partial charge is 0.463 e. The second-order valence-electron chi connectivity index (χ2n) is 4.76. The van der Waals surface area contributed by atoms with E-state index in [4.69, 9.17) is 15.2 Å². The average Bonchev–Trinajstić information content (AvgIpc) is 2.45. The number of hydrogen-bond acceptors (Lipinski definition) is 5. The van der Waals surface area contributed by atoms with Gasteiger partial charge in [0.15, 0.2) is 6.10 Å². The van der Waals surface area contributed by atoms with Crippen LogP contribution >= 0.6 is 0 Å². The Morgan fingerprint density at radius 1 is 1.29 bits per heavy atom. The number of benzene rings is 1. The zero-order chi connectivity index (χ0) is 15.7. The topological polar surface area (TPSA) is 78.6 Å². The van der Waals surface area contributed by atoms with Crippen molar-refractivity contribution in [1.29, 1.82) is 0 Å². The summed E-state index contributed by atoms with van der Waals surface area (Å²) in [7, 11) is 0. The fourth-order valence-electron chi connectivity index (χ4n) is 1.93. The van der Waals surface area contributed by atoms with Gasteiger partial charge in [-0.15, -0.1) is 0 Å². The normalized spacial score (nSPS) is 11.7. The molecule has 1 unspecified atom stereocenters. The highest BCUT2D eigenvalue weighted by Crippen LogP contribution is 2.11. The highest BCUT2D eigenvalue weighted by molar-refractivity contribution is 5.79. The number of hydrogen-bond donors (Lipinski definition) is 1. The number of rotatable bonds is 8. The lowest BCUT2D eigenvalue weighted by Gasteiger charge is -2.15. The second kappa shape index (κ2) is 9.00. The van der Waals surface area contributed by atoms with Gasteiger partial charge in [-0.05, 0) is 37.5 Å². The van der Waals surface area contributed by atoms with Crippen molar-refractivity contribution in [1.82, 2.24) is 0 Å². The Hall–Kier alpha value is -2.04. The average molecular weight is 293 g/mol. The molecule has 0 aliphatic heterocycles. The summed E-state index contributed by atoms with van der Waals surface area (Å²) in [5.41, 5.74) is 7.31. The Labute approximate surface area is 125 Å². The van der Waals surface area contributed by atoms with Gasteiger partial charge in [0.2, 0.25) is 0 Å². The molecular weight excluding hydrogens is 270 g/mol. The quantitative estimate of drug-likeness (QED) is 0.588. The van der Waals surface area contributed by atoms with E-state index >= 15 is 0 Å². The summed E-state index contributed by atoms with van der Waals surface area (Å²) in [6.45, 7) is 3.93. The zero-order valence-electron chi connectivity index (χ0n) is 12.6. The first kappa shape index (κ1) is 17.0. The fraction of sp³-hybridized carbons (Fsp3) is 0.500. The van der Waals surface area contributed by atoms with Gasteiger partial charge in [0.25, 0.3) is 0 Å². The summed E-state index contributed by atoms with van der Waals surface area (Å²) in [5, 5.41) is 0. The summed E-state index contributed by atoms with van der Waals surface area (Å²) >= 11 is 0. The third kappa shape index (κ3) is 6.29. The molecule has 0 aromatic heterocycles. The summed E-state index contributed by atoms with van der Waals surface area (Å²) in [6, 6.07) is 7.36. The molecular formula is C16H23NO4. The van der Waals surface area contributed by atoms with Crippen molar-refractivity contribution in [3.8, 4) is 0 Å². The number of carbonyl (C=O) groups excluding carboxylic acids is 2. The summed E-state index contributed by atoms with van der Waals surface area (Å²) < 4.78 is 10.1. The zero-order valence-corrected chi connectivity index (χ0v) is 12.6. The van der Waals surface area contributed by atoms with Crippen LogP contribution < -0.4 is 5.73 Å². The van der Waals surface area contributed by atoms with Gasteiger partial charge in [0, 0.05) is 12.1 Å². The first-order chi connectivity index (χ1) is 10.1. The molecule has 1 atom stereocenters. The van der Waals surface area contributed by atoms with E-state index in [-0.39, 0.29) is 13.0 Å². The molecule has 0 radical (unpaired) electrons. The maximum atomic E-state index is 11.8. The molecule has 0 fully saturated rings. The molecule has 1 rings (SSSR count). The maximum absolute atomic E-state index is 11.8. The van der Waals surface area contributed by atoms with Crippen LogP contribution in [0, 0.1) is 0 Å². The van der Waals surface area contributed by atoms with Gasteiger partial charge >= 0.3 is 11.9 Å². The van der Waals surface area contributed by atoms with E-state index in [0.29, 0.717) is 18.5 Å². The SMILES string of the molecule is CCCC(OC(=O)CCc1cccc(N)c1)C(=O)OCC. The van der Waals surface area contributed by atoms with Gasteiger partial charge < -0.3 is 15.2 Å². The Bertz CT molecular complexity index is 473. The number of ether oxygens (including phenoxy) is 2. The van der Waals surface area contributed by atoms with Gasteiger partial charge in [-0.1, -0.05) is 25.5 Å². The van der Waals surface area contributed by atoms with Crippen LogP contribution in [0.2, 0.25) is 0 Å². The third-order valence-electron chi connectivity index (χ3n) is 2.94. The maximum Gasteiger partial charge on any atom is 0.347 e. The van der Waals surface area contributed by atoms with E-state index in [1.54, 1.807) is 13.0 Å². The lowest BCUT2D eigenvalue weighted by molar-refractivity contribution is -0.168. The van der Waals surface area contributed by atoms with E-state index in [1.807, 2.05) is 25.1 Å². The van der Waals surface area contributed by atoms with Crippen LogP contribution in [-0.4, -0.2) is 24.6 Å². The molecule has 0 spiro atoms. The monoisotopic (exact) mass is 293 g/mol. The van der Waals surface area contributed by atoms with Crippen molar-refractivity contribution in [2.75, 3.05) is 12.3 Å². The number of nitrogen functional groups attached to an aromatic ring is 1. The first-order valence-electron chi connectivity index (χ1n) is 7.27. The molecule has 116 valence electrons. The van der Waals surface area contributed by atoms with Crippen molar-refractivity contribution in [3.05, 3.63) is 29.8 Å². The molecule has 0 saturated heterocycles. The van der Waals surface area contributed by atoms with Crippen LogP contribution in [0.25, 0.3) is 0 Å². The standard InChI is InChI=1S/C16H23NO4/c1-3-6-14(16(19)20-4-2)21-15(18)10-9-12-7-5-8-13(17)11-12/h5,7-8,11,14H,3-4,6,9-10,17H2,1-2H3. The van der Waals surface area contributed by atoms with E-state index in [9.17, 15) is 9.59 Å². The molecule has 0 aliphatic carbocycles. The van der Waals surface area contributed by atoms with Crippen LogP contribution in [0.4, 0.5) is 5.69 Å². The van der Waals surface area contributed by atoms with Crippen LogP contribution in [-0.2, 0) is 25.5 Å². The van der Waals surface area contributed by atoms with E-state index in [0.717, 1.165) is 12.0 Å².